The summed E-state index contributed by atoms with van der Waals surface area (Å²) in [5.41, 5.74) is -1.47. The second-order valence-corrected chi connectivity index (χ2v) is 4.99. The molecule has 2 unspecified atom stereocenters. The van der Waals surface area contributed by atoms with Gasteiger partial charge in [-0.2, -0.15) is 0 Å². The van der Waals surface area contributed by atoms with Crippen LogP contribution in [0.5, 0.6) is 0 Å². The van der Waals surface area contributed by atoms with Gasteiger partial charge in [0, 0.05) is 5.92 Å². The summed E-state index contributed by atoms with van der Waals surface area (Å²) >= 11 is 0. The molecule has 0 aromatic rings. The highest BCUT2D eigenvalue weighted by Crippen LogP contribution is 2.40. The minimum absolute atomic E-state index is 0.180. The third kappa shape index (κ3) is 3.47. The van der Waals surface area contributed by atoms with Crippen LogP contribution >= 0.6 is 0 Å². The summed E-state index contributed by atoms with van der Waals surface area (Å²) in [4.78, 5) is 24.7. The minimum atomic E-state index is -1.47. The van der Waals surface area contributed by atoms with Gasteiger partial charge in [0.2, 0.25) is 0 Å². The van der Waals surface area contributed by atoms with Gasteiger partial charge in [-0.3, -0.25) is 9.59 Å². The summed E-state index contributed by atoms with van der Waals surface area (Å²) in [6.45, 7) is 10.5. The highest BCUT2D eigenvalue weighted by atomic mass is 16.6. The van der Waals surface area contributed by atoms with Crippen LogP contribution in [0.1, 0.15) is 41.5 Å². The molecule has 0 amide bonds. The fourth-order valence-electron chi connectivity index (χ4n) is 2.33. The molecule has 0 saturated carbocycles. The van der Waals surface area contributed by atoms with Gasteiger partial charge in [0.15, 0.2) is 5.41 Å². The van der Waals surface area contributed by atoms with Crippen LogP contribution in [0.25, 0.3) is 0 Å². The standard InChI is InChI=1S/C14H26O5/c1-7-18-12(16)14(9(3)4,10(5)11(6)15)13(17)19-8-2/h9-11,15H,7-8H2,1-6H3. The van der Waals surface area contributed by atoms with Gasteiger partial charge in [0.1, 0.15) is 0 Å². The molecule has 19 heavy (non-hydrogen) atoms. The first-order valence-corrected chi connectivity index (χ1v) is 6.79. The summed E-state index contributed by atoms with van der Waals surface area (Å²) in [7, 11) is 0. The Labute approximate surface area is 115 Å². The highest BCUT2D eigenvalue weighted by Gasteiger charge is 2.56. The largest absolute Gasteiger partial charge is 0.465 e. The smallest absolute Gasteiger partial charge is 0.324 e. The van der Waals surface area contributed by atoms with Crippen molar-refractivity contribution in [1.82, 2.24) is 0 Å². The van der Waals surface area contributed by atoms with Crippen molar-refractivity contribution in [2.75, 3.05) is 13.2 Å². The normalized spacial score (nSPS) is 14.9. The predicted molar refractivity (Wildman–Crippen MR) is 71.4 cm³/mol. The molecular weight excluding hydrogens is 248 g/mol. The maximum Gasteiger partial charge on any atom is 0.324 e. The maximum atomic E-state index is 12.3. The van der Waals surface area contributed by atoms with E-state index in [9.17, 15) is 14.7 Å². The fourth-order valence-corrected chi connectivity index (χ4v) is 2.33. The first kappa shape index (κ1) is 17.9. The predicted octanol–water partition coefficient (Wildman–Crippen LogP) is 1.77. The molecular formula is C14H26O5. The molecule has 0 aromatic carbocycles. The van der Waals surface area contributed by atoms with Gasteiger partial charge < -0.3 is 14.6 Å². The van der Waals surface area contributed by atoms with Crippen molar-refractivity contribution in [2.45, 2.75) is 47.6 Å². The second kappa shape index (κ2) is 7.48. The number of aliphatic hydroxyl groups excluding tert-OH is 1. The number of hydrogen-bond acceptors (Lipinski definition) is 5. The molecule has 0 spiro atoms. The number of carbonyl (C=O) groups excluding carboxylic acids is 2. The van der Waals surface area contributed by atoms with E-state index in [0.29, 0.717) is 0 Å². The average molecular weight is 274 g/mol. The lowest BCUT2D eigenvalue weighted by Crippen LogP contribution is -2.53. The van der Waals surface area contributed by atoms with Crippen LogP contribution < -0.4 is 0 Å². The van der Waals surface area contributed by atoms with Crippen LogP contribution in [-0.4, -0.2) is 36.4 Å². The van der Waals surface area contributed by atoms with Gasteiger partial charge in [0.05, 0.1) is 19.3 Å². The summed E-state index contributed by atoms with van der Waals surface area (Å²) < 4.78 is 10.1. The van der Waals surface area contributed by atoms with Gasteiger partial charge in [-0.05, 0) is 26.7 Å². The van der Waals surface area contributed by atoms with Crippen LogP contribution in [0.4, 0.5) is 0 Å². The van der Waals surface area contributed by atoms with Crippen molar-refractivity contribution in [3.05, 3.63) is 0 Å². The van der Waals surface area contributed by atoms with E-state index in [0.717, 1.165) is 0 Å². The Morgan fingerprint density at radius 1 is 1.00 bits per heavy atom. The quantitative estimate of drug-likeness (QED) is 0.566. The van der Waals surface area contributed by atoms with E-state index in [1.54, 1.807) is 41.5 Å². The number of carbonyl (C=O) groups is 2. The maximum absolute atomic E-state index is 12.3. The lowest BCUT2D eigenvalue weighted by Gasteiger charge is -2.38. The molecule has 112 valence electrons. The van der Waals surface area contributed by atoms with Gasteiger partial charge >= 0.3 is 11.9 Å². The molecule has 5 nitrogen and oxygen atoms in total. The summed E-state index contributed by atoms with van der Waals surface area (Å²) in [6.07, 6.45) is -0.823. The van der Waals surface area contributed by atoms with Gasteiger partial charge in [-0.1, -0.05) is 20.8 Å². The molecule has 0 aliphatic carbocycles. The Bertz CT molecular complexity index is 291. The van der Waals surface area contributed by atoms with Crippen LogP contribution in [0.3, 0.4) is 0 Å². The van der Waals surface area contributed by atoms with Crippen molar-refractivity contribution in [1.29, 1.82) is 0 Å². The van der Waals surface area contributed by atoms with Gasteiger partial charge in [0.25, 0.3) is 0 Å². The number of hydrogen-bond donors (Lipinski definition) is 1. The van der Waals surface area contributed by atoms with Crippen molar-refractivity contribution in [3.8, 4) is 0 Å². The van der Waals surface area contributed by atoms with E-state index in [4.69, 9.17) is 9.47 Å². The molecule has 0 bridgehead atoms. The zero-order chi connectivity index (χ0) is 15.2. The van der Waals surface area contributed by atoms with E-state index in [2.05, 4.69) is 0 Å². The SMILES string of the molecule is CCOC(=O)C(C(=O)OCC)(C(C)C)C(C)C(C)O. The monoisotopic (exact) mass is 274 g/mol. The van der Waals surface area contributed by atoms with Crippen LogP contribution in [0.15, 0.2) is 0 Å². The zero-order valence-corrected chi connectivity index (χ0v) is 12.7. The second-order valence-electron chi connectivity index (χ2n) is 4.99. The summed E-state index contributed by atoms with van der Waals surface area (Å²) in [5.74, 6) is -2.19. The Kier molecular flexibility index (Phi) is 7.05. The number of rotatable bonds is 7. The Hall–Kier alpha value is -1.10. The molecule has 0 heterocycles. The fraction of sp³-hybridized carbons (Fsp3) is 0.857. The third-order valence-corrected chi connectivity index (χ3v) is 3.58. The van der Waals surface area contributed by atoms with E-state index in [1.807, 2.05) is 0 Å². The molecule has 0 saturated heterocycles. The number of esters is 2. The lowest BCUT2D eigenvalue weighted by atomic mass is 9.66. The lowest BCUT2D eigenvalue weighted by molar-refractivity contribution is -0.184. The molecule has 0 fully saturated rings. The van der Waals surface area contributed by atoms with Crippen LogP contribution in [0, 0.1) is 17.3 Å². The first-order valence-electron chi connectivity index (χ1n) is 6.79. The Morgan fingerprint density at radius 3 is 1.58 bits per heavy atom. The van der Waals surface area contributed by atoms with Crippen molar-refractivity contribution in [2.24, 2.45) is 17.3 Å². The third-order valence-electron chi connectivity index (χ3n) is 3.58. The molecule has 0 aliphatic heterocycles. The van der Waals surface area contributed by atoms with Crippen LogP contribution in [0.2, 0.25) is 0 Å². The molecule has 1 N–H and O–H groups in total. The average Bonchev–Trinajstić information content (AvgIpc) is 2.29. The molecule has 2 atom stereocenters. The summed E-state index contributed by atoms with van der Waals surface area (Å²) in [5, 5.41) is 9.82. The van der Waals surface area contributed by atoms with Gasteiger partial charge in [-0.15, -0.1) is 0 Å². The van der Waals surface area contributed by atoms with Crippen molar-refractivity contribution >= 4 is 11.9 Å². The molecule has 0 radical (unpaired) electrons. The molecule has 5 heteroatoms. The van der Waals surface area contributed by atoms with E-state index in [1.165, 1.54) is 0 Å². The highest BCUT2D eigenvalue weighted by molar-refractivity contribution is 6.00. The topological polar surface area (TPSA) is 72.8 Å². The van der Waals surface area contributed by atoms with Crippen LogP contribution in [-0.2, 0) is 19.1 Å². The number of aliphatic hydroxyl groups is 1. The summed E-state index contributed by atoms with van der Waals surface area (Å²) in [6, 6.07) is 0. The van der Waals surface area contributed by atoms with E-state index >= 15 is 0 Å². The molecule has 0 aliphatic rings. The van der Waals surface area contributed by atoms with Crippen molar-refractivity contribution in [3.63, 3.8) is 0 Å². The van der Waals surface area contributed by atoms with Crippen molar-refractivity contribution < 1.29 is 24.2 Å². The van der Waals surface area contributed by atoms with Gasteiger partial charge in [-0.25, -0.2) is 0 Å². The minimum Gasteiger partial charge on any atom is -0.465 e. The van der Waals surface area contributed by atoms with E-state index in [-0.39, 0.29) is 19.1 Å². The Balaban J connectivity index is 5.74. The Morgan fingerprint density at radius 2 is 1.37 bits per heavy atom. The zero-order valence-electron chi connectivity index (χ0n) is 12.7. The van der Waals surface area contributed by atoms with E-state index < -0.39 is 29.4 Å². The molecule has 0 rings (SSSR count). The number of ether oxygens (including phenoxy) is 2. The molecule has 0 aromatic heterocycles. The first-order chi connectivity index (χ1) is 8.76.